The van der Waals surface area contributed by atoms with Crippen molar-refractivity contribution < 1.29 is 13.9 Å². The van der Waals surface area contributed by atoms with Crippen LogP contribution in [0.15, 0.2) is 42.5 Å². The van der Waals surface area contributed by atoms with Crippen molar-refractivity contribution in [1.29, 1.82) is 0 Å². The molecule has 1 aliphatic rings. The van der Waals surface area contributed by atoms with Gasteiger partial charge in [0.2, 0.25) is 5.91 Å². The first kappa shape index (κ1) is 21.6. The molecule has 0 saturated carbocycles. The van der Waals surface area contributed by atoms with Gasteiger partial charge in [0.25, 0.3) is 0 Å². The maximum absolute atomic E-state index is 14.0. The number of amides is 1. The molecule has 1 saturated heterocycles. The fraction of sp³-hybridized carbons (Fsp3) is 0.435. The third kappa shape index (κ3) is 6.18. The summed E-state index contributed by atoms with van der Waals surface area (Å²) in [5.74, 6) is 0.783. The average molecular weight is 419 g/mol. The first-order valence-electron chi connectivity index (χ1n) is 10.1. The number of rotatable bonds is 8. The maximum Gasteiger partial charge on any atom is 0.223 e. The smallest absolute Gasteiger partial charge is 0.223 e. The highest BCUT2D eigenvalue weighted by Gasteiger charge is 2.25. The molecule has 3 rings (SSSR count). The highest BCUT2D eigenvalue weighted by atomic mass is 35.5. The number of methoxy groups -OCH3 is 1. The predicted molar refractivity (Wildman–Crippen MR) is 114 cm³/mol. The number of aryl methyl sites for hydroxylation is 1. The molecule has 29 heavy (non-hydrogen) atoms. The lowest BCUT2D eigenvalue weighted by Crippen LogP contribution is -2.40. The molecule has 0 atom stereocenters. The molecule has 1 heterocycles. The predicted octanol–water partition coefficient (Wildman–Crippen LogP) is 4.45. The Morgan fingerprint density at radius 2 is 1.97 bits per heavy atom. The quantitative estimate of drug-likeness (QED) is 0.644. The molecule has 2 aromatic rings. The molecular weight excluding hydrogens is 391 g/mol. The van der Waals surface area contributed by atoms with Gasteiger partial charge < -0.3 is 10.1 Å². The molecule has 0 radical (unpaired) electrons. The van der Waals surface area contributed by atoms with Crippen LogP contribution in [-0.4, -0.2) is 37.6 Å². The summed E-state index contributed by atoms with van der Waals surface area (Å²) in [7, 11) is 1.67. The molecule has 1 fully saturated rings. The molecule has 1 aliphatic heterocycles. The lowest BCUT2D eigenvalue weighted by atomic mass is 9.95. The van der Waals surface area contributed by atoms with Crippen LogP contribution in [-0.2, 0) is 17.8 Å². The Bertz CT molecular complexity index is 822. The Labute approximate surface area is 177 Å². The Balaban J connectivity index is 1.37. The van der Waals surface area contributed by atoms with Gasteiger partial charge in [0.1, 0.15) is 11.6 Å². The molecule has 6 heteroatoms. The number of nitrogens with one attached hydrogen (secondary N) is 1. The van der Waals surface area contributed by atoms with E-state index in [1.165, 1.54) is 6.07 Å². The average Bonchev–Trinajstić information content (AvgIpc) is 2.74. The lowest BCUT2D eigenvalue weighted by Gasteiger charge is -2.31. The van der Waals surface area contributed by atoms with Crippen molar-refractivity contribution >= 4 is 17.5 Å². The van der Waals surface area contributed by atoms with E-state index in [2.05, 4.69) is 16.3 Å². The van der Waals surface area contributed by atoms with Crippen LogP contribution in [0.4, 0.5) is 4.39 Å². The second kappa shape index (κ2) is 10.6. The van der Waals surface area contributed by atoms with Gasteiger partial charge in [0.15, 0.2) is 0 Å². The highest BCUT2D eigenvalue weighted by Crippen LogP contribution is 2.22. The number of benzene rings is 2. The fourth-order valence-corrected chi connectivity index (χ4v) is 3.95. The van der Waals surface area contributed by atoms with Gasteiger partial charge in [-0.3, -0.25) is 9.69 Å². The van der Waals surface area contributed by atoms with Crippen molar-refractivity contribution in [3.63, 3.8) is 0 Å². The van der Waals surface area contributed by atoms with E-state index >= 15 is 0 Å². The standard InChI is InChI=1S/C23H28ClFN2O2/c1-29-22-7-3-2-5-17(22)6-4-12-26-23(28)18-10-13-27(14-11-18)16-19-8-9-20(24)15-21(19)25/h2-3,5,7-9,15,18H,4,6,10-14,16H2,1H3,(H,26,28). The Hall–Kier alpha value is -2.11. The second-order valence-electron chi connectivity index (χ2n) is 7.49. The first-order valence-corrected chi connectivity index (χ1v) is 10.5. The van der Waals surface area contributed by atoms with E-state index in [9.17, 15) is 9.18 Å². The van der Waals surface area contributed by atoms with E-state index in [1.54, 1.807) is 19.2 Å². The van der Waals surface area contributed by atoms with Crippen molar-refractivity contribution in [3.8, 4) is 5.75 Å². The maximum atomic E-state index is 14.0. The normalized spacial score (nSPS) is 15.3. The van der Waals surface area contributed by atoms with Gasteiger partial charge >= 0.3 is 0 Å². The summed E-state index contributed by atoms with van der Waals surface area (Å²) < 4.78 is 19.3. The third-order valence-corrected chi connectivity index (χ3v) is 5.72. The van der Waals surface area contributed by atoms with E-state index < -0.39 is 0 Å². The van der Waals surface area contributed by atoms with Crippen molar-refractivity contribution in [3.05, 3.63) is 64.4 Å². The van der Waals surface area contributed by atoms with Crippen LogP contribution in [0.25, 0.3) is 0 Å². The minimum absolute atomic E-state index is 0.0348. The van der Waals surface area contributed by atoms with Crippen molar-refractivity contribution in [2.24, 2.45) is 5.92 Å². The number of halogens is 2. The number of hydrogen-bond donors (Lipinski definition) is 1. The topological polar surface area (TPSA) is 41.6 Å². The number of para-hydroxylation sites is 1. The molecule has 2 aromatic carbocycles. The number of piperidine rings is 1. The number of carbonyl (C=O) groups excluding carboxylic acids is 1. The summed E-state index contributed by atoms with van der Waals surface area (Å²) in [6.07, 6.45) is 3.34. The highest BCUT2D eigenvalue weighted by molar-refractivity contribution is 6.30. The molecule has 0 spiro atoms. The van der Waals surface area contributed by atoms with E-state index in [-0.39, 0.29) is 17.6 Å². The van der Waals surface area contributed by atoms with E-state index in [4.69, 9.17) is 16.3 Å². The van der Waals surface area contributed by atoms with Gasteiger partial charge in [-0.2, -0.15) is 0 Å². The minimum Gasteiger partial charge on any atom is -0.496 e. The van der Waals surface area contributed by atoms with Crippen LogP contribution in [0.3, 0.4) is 0 Å². The van der Waals surface area contributed by atoms with Crippen LogP contribution in [0.2, 0.25) is 5.02 Å². The van der Waals surface area contributed by atoms with Gasteiger partial charge in [-0.15, -0.1) is 0 Å². The molecule has 156 valence electrons. The molecule has 0 aromatic heterocycles. The summed E-state index contributed by atoms with van der Waals surface area (Å²) >= 11 is 5.81. The summed E-state index contributed by atoms with van der Waals surface area (Å²) in [4.78, 5) is 14.7. The molecule has 0 aliphatic carbocycles. The number of hydrogen-bond acceptors (Lipinski definition) is 3. The molecule has 1 N–H and O–H groups in total. The largest absolute Gasteiger partial charge is 0.496 e. The van der Waals surface area contributed by atoms with Gasteiger partial charge in [0.05, 0.1) is 7.11 Å². The zero-order chi connectivity index (χ0) is 20.6. The van der Waals surface area contributed by atoms with Crippen molar-refractivity contribution in [2.45, 2.75) is 32.2 Å². The minimum atomic E-state index is -0.271. The lowest BCUT2D eigenvalue weighted by molar-refractivity contribution is -0.126. The van der Waals surface area contributed by atoms with Crippen LogP contribution >= 0.6 is 11.6 Å². The monoisotopic (exact) mass is 418 g/mol. The van der Waals surface area contributed by atoms with Crippen molar-refractivity contribution in [2.75, 3.05) is 26.7 Å². The van der Waals surface area contributed by atoms with Gasteiger partial charge in [0, 0.05) is 29.6 Å². The van der Waals surface area contributed by atoms with E-state index in [1.807, 2.05) is 18.2 Å². The third-order valence-electron chi connectivity index (χ3n) is 5.48. The molecule has 4 nitrogen and oxygen atoms in total. The Morgan fingerprint density at radius 3 is 2.69 bits per heavy atom. The van der Waals surface area contributed by atoms with Crippen LogP contribution in [0, 0.1) is 11.7 Å². The molecule has 0 bridgehead atoms. The van der Waals surface area contributed by atoms with E-state index in [0.29, 0.717) is 23.7 Å². The molecule has 0 unspecified atom stereocenters. The second-order valence-corrected chi connectivity index (χ2v) is 7.93. The Morgan fingerprint density at radius 1 is 1.21 bits per heavy atom. The van der Waals surface area contributed by atoms with Crippen LogP contribution in [0.5, 0.6) is 5.75 Å². The number of likely N-dealkylation sites (tertiary alicyclic amines) is 1. The number of carbonyl (C=O) groups is 1. The van der Waals surface area contributed by atoms with Gasteiger partial charge in [-0.05, 0) is 62.5 Å². The molecule has 1 amide bonds. The summed E-state index contributed by atoms with van der Waals surface area (Å²) in [5.41, 5.74) is 1.81. The SMILES string of the molecule is COc1ccccc1CCCNC(=O)C1CCN(Cc2ccc(Cl)cc2F)CC1. The van der Waals surface area contributed by atoms with Crippen molar-refractivity contribution in [1.82, 2.24) is 10.2 Å². The summed E-state index contributed by atoms with van der Waals surface area (Å²) in [6.45, 7) is 2.80. The summed E-state index contributed by atoms with van der Waals surface area (Å²) in [6, 6.07) is 12.8. The van der Waals surface area contributed by atoms with E-state index in [0.717, 1.165) is 50.1 Å². The number of nitrogens with zero attached hydrogens (tertiary/aromatic N) is 1. The zero-order valence-electron chi connectivity index (χ0n) is 16.8. The Kier molecular flexibility index (Phi) is 7.90. The summed E-state index contributed by atoms with van der Waals surface area (Å²) in [5, 5.41) is 3.48. The fourth-order valence-electron chi connectivity index (χ4n) is 3.79. The van der Waals surface area contributed by atoms with Crippen LogP contribution in [0.1, 0.15) is 30.4 Å². The first-order chi connectivity index (χ1) is 14.1. The van der Waals surface area contributed by atoms with Gasteiger partial charge in [-0.1, -0.05) is 35.9 Å². The molecular formula is C23H28ClFN2O2. The number of ether oxygens (including phenoxy) is 1. The zero-order valence-corrected chi connectivity index (χ0v) is 17.6. The van der Waals surface area contributed by atoms with Crippen LogP contribution < -0.4 is 10.1 Å². The van der Waals surface area contributed by atoms with Gasteiger partial charge in [-0.25, -0.2) is 4.39 Å².